The second-order valence-corrected chi connectivity index (χ2v) is 9.69. The molecule has 2 aliphatic rings. The summed E-state index contributed by atoms with van der Waals surface area (Å²) in [4.78, 5) is 32.2. The number of fused-ring (bicyclic) bond motifs is 3. The number of pyridine rings is 2. The van der Waals surface area contributed by atoms with E-state index in [-0.39, 0.29) is 23.2 Å². The number of nitrogens with zero attached hydrogens (tertiary/aromatic N) is 3. The number of halogens is 1. The maximum Gasteiger partial charge on any atom is 0.255 e. The van der Waals surface area contributed by atoms with E-state index >= 15 is 0 Å². The van der Waals surface area contributed by atoms with Crippen LogP contribution in [0.25, 0.3) is 11.1 Å². The number of hydrogen-bond donors (Lipinski definition) is 1. The Balaban J connectivity index is 1.46. The number of amides is 1. The van der Waals surface area contributed by atoms with E-state index in [1.807, 2.05) is 29.7 Å². The SMILES string of the molecule is Cc1ccc(NC(=O)c2ccnc(C(C)(C)F)c2)cc1-c1cc2n(c(=O)c1)CC[C@H]1COCCN21. The molecule has 2 aliphatic heterocycles. The topological polar surface area (TPSA) is 76.5 Å². The summed E-state index contributed by atoms with van der Waals surface area (Å²) < 4.78 is 21.8. The van der Waals surface area contributed by atoms with E-state index < -0.39 is 5.67 Å². The van der Waals surface area contributed by atoms with Gasteiger partial charge >= 0.3 is 0 Å². The van der Waals surface area contributed by atoms with Crippen LogP contribution in [0.15, 0.2) is 53.5 Å². The third-order valence-corrected chi connectivity index (χ3v) is 6.75. The minimum atomic E-state index is -1.65. The van der Waals surface area contributed by atoms with Crippen molar-refractivity contribution in [3.63, 3.8) is 0 Å². The van der Waals surface area contributed by atoms with Gasteiger partial charge in [0.1, 0.15) is 11.5 Å². The smallest absolute Gasteiger partial charge is 0.255 e. The lowest BCUT2D eigenvalue weighted by atomic mass is 9.99. The van der Waals surface area contributed by atoms with E-state index in [1.54, 1.807) is 12.1 Å². The minimum absolute atomic E-state index is 0.0329. The molecule has 0 saturated carbocycles. The average Bonchev–Trinajstić information content (AvgIpc) is 2.84. The molecule has 0 radical (unpaired) electrons. The number of carbonyl (C=O) groups is 1. The van der Waals surface area contributed by atoms with Crippen molar-refractivity contribution in [1.82, 2.24) is 9.55 Å². The number of aryl methyl sites for hydroxylation is 1. The van der Waals surface area contributed by atoms with Crippen LogP contribution in [0.1, 0.15) is 41.9 Å². The second-order valence-electron chi connectivity index (χ2n) is 9.69. The van der Waals surface area contributed by atoms with Gasteiger partial charge in [0.05, 0.1) is 24.9 Å². The van der Waals surface area contributed by atoms with E-state index in [0.717, 1.165) is 35.5 Å². The largest absolute Gasteiger partial charge is 0.377 e. The second kappa shape index (κ2) is 8.92. The van der Waals surface area contributed by atoms with Gasteiger partial charge in [0, 0.05) is 36.6 Å². The molecule has 1 aromatic carbocycles. The summed E-state index contributed by atoms with van der Waals surface area (Å²) in [5.41, 5.74) is 2.12. The lowest BCUT2D eigenvalue weighted by Gasteiger charge is -2.42. The molecule has 0 unspecified atom stereocenters. The fraction of sp³-hybridized carbons (Fsp3) is 0.370. The van der Waals surface area contributed by atoms with Crippen molar-refractivity contribution in [2.24, 2.45) is 0 Å². The highest BCUT2D eigenvalue weighted by Crippen LogP contribution is 2.32. The predicted octanol–water partition coefficient (Wildman–Crippen LogP) is 4.28. The van der Waals surface area contributed by atoms with Crippen molar-refractivity contribution in [3.05, 3.63) is 75.8 Å². The van der Waals surface area contributed by atoms with Crippen LogP contribution in [0.4, 0.5) is 15.9 Å². The van der Waals surface area contributed by atoms with Crippen LogP contribution >= 0.6 is 0 Å². The van der Waals surface area contributed by atoms with Gasteiger partial charge in [0.2, 0.25) is 0 Å². The number of anilines is 2. The van der Waals surface area contributed by atoms with E-state index in [0.29, 0.717) is 31.0 Å². The molecule has 5 rings (SSSR count). The summed E-state index contributed by atoms with van der Waals surface area (Å²) >= 11 is 0. The summed E-state index contributed by atoms with van der Waals surface area (Å²) in [7, 11) is 0. The molecule has 1 fully saturated rings. The first kappa shape index (κ1) is 23.2. The molecule has 0 spiro atoms. The first-order valence-electron chi connectivity index (χ1n) is 11.9. The van der Waals surface area contributed by atoms with Gasteiger partial charge in [-0.2, -0.15) is 0 Å². The number of alkyl halides is 1. The van der Waals surface area contributed by atoms with Crippen molar-refractivity contribution < 1.29 is 13.9 Å². The van der Waals surface area contributed by atoms with Crippen molar-refractivity contribution in [1.29, 1.82) is 0 Å². The molecule has 35 heavy (non-hydrogen) atoms. The number of nitrogens with one attached hydrogen (secondary N) is 1. The molecule has 8 heteroatoms. The molecule has 0 bridgehead atoms. The van der Waals surface area contributed by atoms with Crippen molar-refractivity contribution >= 4 is 17.4 Å². The Morgan fingerprint density at radius 1 is 1.17 bits per heavy atom. The van der Waals surface area contributed by atoms with Crippen molar-refractivity contribution in [2.45, 2.75) is 45.4 Å². The van der Waals surface area contributed by atoms with Crippen LogP contribution in [0, 0.1) is 6.92 Å². The molecule has 1 atom stereocenters. The molecule has 7 nitrogen and oxygen atoms in total. The standard InChI is InChI=1S/C27H29FN4O3/c1-17-4-5-20(30-26(34)18-6-8-29-23(12-18)27(2,3)28)15-22(17)19-13-24-31-10-11-35-16-21(31)7-9-32(24)25(33)14-19/h4-6,8,12-15,21H,7,9-11,16H2,1-3H3,(H,30,34)/t21-/m0/s1. The van der Waals surface area contributed by atoms with Crippen LogP contribution in [0.5, 0.6) is 0 Å². The summed E-state index contributed by atoms with van der Waals surface area (Å²) in [6, 6.07) is 12.6. The Morgan fingerprint density at radius 2 is 2.00 bits per heavy atom. The zero-order valence-corrected chi connectivity index (χ0v) is 20.2. The Kier molecular flexibility index (Phi) is 5.92. The first-order valence-corrected chi connectivity index (χ1v) is 11.9. The van der Waals surface area contributed by atoms with Crippen LogP contribution in [0.3, 0.4) is 0 Å². The molecule has 1 amide bonds. The summed E-state index contributed by atoms with van der Waals surface area (Å²) in [5, 5.41) is 2.90. The fourth-order valence-electron chi connectivity index (χ4n) is 4.79. The maximum atomic E-state index is 14.3. The van der Waals surface area contributed by atoms with Gasteiger partial charge in [0.25, 0.3) is 11.5 Å². The Morgan fingerprint density at radius 3 is 2.80 bits per heavy atom. The van der Waals surface area contributed by atoms with Gasteiger partial charge in [0.15, 0.2) is 0 Å². The van der Waals surface area contributed by atoms with Crippen molar-refractivity contribution in [3.8, 4) is 11.1 Å². The van der Waals surface area contributed by atoms with Gasteiger partial charge in [-0.15, -0.1) is 0 Å². The summed E-state index contributed by atoms with van der Waals surface area (Å²) in [6.07, 6.45) is 2.33. The summed E-state index contributed by atoms with van der Waals surface area (Å²) in [5.74, 6) is 0.563. The highest BCUT2D eigenvalue weighted by atomic mass is 19.1. The van der Waals surface area contributed by atoms with Gasteiger partial charge in [-0.1, -0.05) is 6.07 Å². The molecule has 3 aromatic rings. The monoisotopic (exact) mass is 476 g/mol. The normalized spacial score (nSPS) is 17.5. The molecule has 1 N–H and O–H groups in total. The number of carbonyl (C=O) groups excluding carboxylic acids is 1. The van der Waals surface area contributed by atoms with Gasteiger partial charge in [-0.25, -0.2) is 4.39 Å². The van der Waals surface area contributed by atoms with E-state index in [1.165, 1.54) is 26.1 Å². The molecule has 2 aromatic heterocycles. The van der Waals surface area contributed by atoms with E-state index in [2.05, 4.69) is 21.3 Å². The van der Waals surface area contributed by atoms with Gasteiger partial charge in [-0.05, 0) is 74.2 Å². The Labute approximate surface area is 203 Å². The van der Waals surface area contributed by atoms with Crippen LogP contribution in [0.2, 0.25) is 0 Å². The molecule has 0 aliphatic carbocycles. The maximum absolute atomic E-state index is 14.3. The molecule has 1 saturated heterocycles. The number of morpholine rings is 1. The number of rotatable bonds is 4. The Hall–Kier alpha value is -3.52. The molecule has 182 valence electrons. The number of benzene rings is 1. The third kappa shape index (κ3) is 4.58. The van der Waals surface area contributed by atoms with Crippen LogP contribution < -0.4 is 15.8 Å². The van der Waals surface area contributed by atoms with Gasteiger partial charge < -0.3 is 15.0 Å². The highest BCUT2D eigenvalue weighted by molar-refractivity contribution is 6.04. The third-order valence-electron chi connectivity index (χ3n) is 6.75. The first-order chi connectivity index (χ1) is 16.7. The number of aromatic nitrogens is 2. The lowest BCUT2D eigenvalue weighted by Crippen LogP contribution is -2.51. The highest BCUT2D eigenvalue weighted by Gasteiger charge is 2.30. The zero-order chi connectivity index (χ0) is 24.7. The Bertz CT molecular complexity index is 1340. The van der Waals surface area contributed by atoms with Crippen molar-refractivity contribution in [2.75, 3.05) is 30.0 Å². The molecular weight excluding hydrogens is 447 g/mol. The minimum Gasteiger partial charge on any atom is -0.377 e. The number of ether oxygens (including phenoxy) is 1. The lowest BCUT2D eigenvalue weighted by molar-refractivity contribution is 0.0851. The summed E-state index contributed by atoms with van der Waals surface area (Å²) in [6.45, 7) is 7.55. The predicted molar refractivity (Wildman–Crippen MR) is 134 cm³/mol. The van der Waals surface area contributed by atoms with Gasteiger partial charge in [-0.3, -0.25) is 19.1 Å². The molecule has 4 heterocycles. The average molecular weight is 477 g/mol. The zero-order valence-electron chi connectivity index (χ0n) is 20.2. The fourth-order valence-corrected chi connectivity index (χ4v) is 4.79. The van der Waals surface area contributed by atoms with E-state index in [9.17, 15) is 14.0 Å². The van der Waals surface area contributed by atoms with E-state index in [4.69, 9.17) is 4.74 Å². The number of hydrogen-bond acceptors (Lipinski definition) is 5. The molecular formula is C27H29FN4O3. The van der Waals surface area contributed by atoms with Crippen LogP contribution in [-0.4, -0.2) is 41.3 Å². The van der Waals surface area contributed by atoms with Crippen LogP contribution in [-0.2, 0) is 17.0 Å². The quantitative estimate of drug-likeness (QED) is 0.608.